The highest BCUT2D eigenvalue weighted by atomic mass is 35.5. The minimum Gasteiger partial charge on any atom is -0.475 e. The summed E-state index contributed by atoms with van der Waals surface area (Å²) in [7, 11) is 0. The number of benzene rings is 1. The van der Waals surface area contributed by atoms with E-state index in [9.17, 15) is 4.79 Å². The van der Waals surface area contributed by atoms with Crippen LogP contribution < -0.4 is 0 Å². The minimum absolute atomic E-state index is 0.162. The lowest BCUT2D eigenvalue weighted by Gasteiger charge is -2.03. The van der Waals surface area contributed by atoms with Crippen LogP contribution in [0.4, 0.5) is 0 Å². The molecule has 0 saturated carbocycles. The molecule has 0 aliphatic rings. The van der Waals surface area contributed by atoms with Crippen molar-refractivity contribution in [1.82, 2.24) is 8.75 Å². The lowest BCUT2D eigenvalue weighted by molar-refractivity contribution is 0.0665. The summed E-state index contributed by atoms with van der Waals surface area (Å²) in [5, 5.41) is 9.88. The molecule has 0 atom stereocenters. The van der Waals surface area contributed by atoms with E-state index in [1.807, 2.05) is 0 Å². The molecule has 3 aromatic rings. The number of carboxylic acid groups (broad SMARTS) is 1. The van der Waals surface area contributed by atoms with Crippen LogP contribution in [0.5, 0.6) is 0 Å². The molecule has 0 radical (unpaired) electrons. The van der Waals surface area contributed by atoms with E-state index < -0.39 is 5.97 Å². The molecule has 5 nitrogen and oxygen atoms in total. The van der Waals surface area contributed by atoms with Gasteiger partial charge in [-0.2, -0.15) is 8.75 Å². The zero-order valence-corrected chi connectivity index (χ0v) is 11.4. The van der Waals surface area contributed by atoms with E-state index in [0.29, 0.717) is 16.6 Å². The van der Waals surface area contributed by atoms with Crippen LogP contribution in [0.1, 0.15) is 10.6 Å². The molecule has 0 bridgehead atoms. The summed E-state index contributed by atoms with van der Waals surface area (Å²) in [6.45, 7) is 0. The van der Waals surface area contributed by atoms with Crippen LogP contribution in [0.3, 0.4) is 0 Å². The Hall–Kier alpha value is -1.63. The number of carboxylic acids is 1. The van der Waals surface area contributed by atoms with Crippen LogP contribution in [0.25, 0.3) is 22.2 Å². The molecule has 3 rings (SSSR count). The molecule has 19 heavy (non-hydrogen) atoms. The Bertz CT molecular complexity index is 783. The van der Waals surface area contributed by atoms with Crippen molar-refractivity contribution in [3.63, 3.8) is 0 Å². The number of rotatable bonds is 2. The van der Waals surface area contributed by atoms with Gasteiger partial charge in [0.2, 0.25) is 5.76 Å². The SMILES string of the molecule is O=C(O)c1cc2cc(-c3cnsn3)c(Cl)c(Cl)c2o1. The summed E-state index contributed by atoms with van der Waals surface area (Å²) in [5.74, 6) is -1.36. The standard InChI is InChI=1S/C11H4Cl2N2O3S/c12-8-5(6-3-14-19-15-6)1-4-2-7(11(16)17)18-10(4)9(8)13/h1-3H,(H,16,17). The number of halogens is 2. The molecule has 8 heteroatoms. The van der Waals surface area contributed by atoms with Gasteiger partial charge in [0.05, 0.1) is 22.9 Å². The van der Waals surface area contributed by atoms with E-state index in [1.54, 1.807) is 12.3 Å². The van der Waals surface area contributed by atoms with Crippen LogP contribution in [-0.2, 0) is 0 Å². The second-order valence-corrected chi connectivity index (χ2v) is 4.99. The van der Waals surface area contributed by atoms with E-state index in [0.717, 1.165) is 11.7 Å². The van der Waals surface area contributed by atoms with Crippen molar-refractivity contribution in [2.24, 2.45) is 0 Å². The average molecular weight is 315 g/mol. The summed E-state index contributed by atoms with van der Waals surface area (Å²) < 4.78 is 13.1. The summed E-state index contributed by atoms with van der Waals surface area (Å²) >= 11 is 13.3. The first-order valence-corrected chi connectivity index (χ1v) is 6.49. The minimum atomic E-state index is -1.17. The number of fused-ring (bicyclic) bond motifs is 1. The predicted molar refractivity (Wildman–Crippen MR) is 72.1 cm³/mol. The number of furan rings is 1. The largest absolute Gasteiger partial charge is 0.475 e. The molecule has 2 aromatic heterocycles. The van der Waals surface area contributed by atoms with Crippen molar-refractivity contribution < 1.29 is 14.3 Å². The third-order valence-corrected chi connectivity index (χ3v) is 3.87. The summed E-state index contributed by atoms with van der Waals surface area (Å²) in [4.78, 5) is 10.9. The quantitative estimate of drug-likeness (QED) is 0.774. The van der Waals surface area contributed by atoms with Gasteiger partial charge in [0, 0.05) is 10.9 Å². The number of carbonyl (C=O) groups is 1. The zero-order chi connectivity index (χ0) is 13.6. The van der Waals surface area contributed by atoms with Gasteiger partial charge in [-0.25, -0.2) is 4.79 Å². The Morgan fingerprint density at radius 3 is 2.74 bits per heavy atom. The van der Waals surface area contributed by atoms with E-state index in [4.69, 9.17) is 32.7 Å². The third-order valence-electron chi connectivity index (χ3n) is 2.54. The van der Waals surface area contributed by atoms with Gasteiger partial charge in [-0.15, -0.1) is 0 Å². The van der Waals surface area contributed by atoms with Crippen molar-refractivity contribution in [3.05, 3.63) is 34.1 Å². The fourth-order valence-corrected chi connectivity index (χ4v) is 2.61. The van der Waals surface area contributed by atoms with Crippen molar-refractivity contribution in [3.8, 4) is 11.3 Å². The fraction of sp³-hybridized carbons (Fsp3) is 0. The van der Waals surface area contributed by atoms with E-state index in [-0.39, 0.29) is 21.4 Å². The molecular formula is C11H4Cl2N2O3S. The first kappa shape index (κ1) is 12.4. The molecule has 0 fully saturated rings. The first-order valence-electron chi connectivity index (χ1n) is 5.00. The number of hydrogen-bond donors (Lipinski definition) is 1. The highest BCUT2D eigenvalue weighted by Gasteiger charge is 2.19. The van der Waals surface area contributed by atoms with Crippen LogP contribution >= 0.6 is 34.9 Å². The van der Waals surface area contributed by atoms with Crippen LogP contribution in [-0.4, -0.2) is 19.8 Å². The lowest BCUT2D eigenvalue weighted by atomic mass is 10.1. The van der Waals surface area contributed by atoms with Crippen molar-refractivity contribution in [2.75, 3.05) is 0 Å². The van der Waals surface area contributed by atoms with E-state index in [1.165, 1.54) is 6.07 Å². The van der Waals surface area contributed by atoms with Crippen LogP contribution in [0, 0.1) is 0 Å². The highest BCUT2D eigenvalue weighted by Crippen LogP contribution is 2.40. The molecule has 1 N–H and O–H groups in total. The van der Waals surface area contributed by atoms with Gasteiger partial charge in [-0.05, 0) is 12.1 Å². The summed E-state index contributed by atoms with van der Waals surface area (Å²) in [5.41, 5.74) is 1.42. The number of aromatic carboxylic acids is 1. The topological polar surface area (TPSA) is 76.2 Å². The Morgan fingerprint density at radius 1 is 1.32 bits per heavy atom. The van der Waals surface area contributed by atoms with Gasteiger partial charge in [-0.3, -0.25) is 0 Å². The van der Waals surface area contributed by atoms with Crippen LogP contribution in [0.2, 0.25) is 10.0 Å². The van der Waals surface area contributed by atoms with E-state index in [2.05, 4.69) is 8.75 Å². The monoisotopic (exact) mass is 314 g/mol. The zero-order valence-electron chi connectivity index (χ0n) is 9.05. The second kappa shape index (κ2) is 4.48. The maximum Gasteiger partial charge on any atom is 0.371 e. The molecule has 96 valence electrons. The fourth-order valence-electron chi connectivity index (χ4n) is 1.70. The Labute approximate surface area is 120 Å². The van der Waals surface area contributed by atoms with Gasteiger partial charge in [-0.1, -0.05) is 23.2 Å². The van der Waals surface area contributed by atoms with Gasteiger partial charge in [0.15, 0.2) is 5.58 Å². The molecule has 0 aliphatic heterocycles. The van der Waals surface area contributed by atoms with E-state index >= 15 is 0 Å². The molecule has 0 unspecified atom stereocenters. The highest BCUT2D eigenvalue weighted by molar-refractivity contribution is 6.99. The van der Waals surface area contributed by atoms with Crippen molar-refractivity contribution in [2.45, 2.75) is 0 Å². The molecule has 1 aromatic carbocycles. The second-order valence-electron chi connectivity index (χ2n) is 3.68. The molecular weight excluding hydrogens is 311 g/mol. The smallest absolute Gasteiger partial charge is 0.371 e. The maximum atomic E-state index is 10.9. The van der Waals surface area contributed by atoms with Gasteiger partial charge >= 0.3 is 5.97 Å². The first-order chi connectivity index (χ1) is 9.08. The summed E-state index contributed by atoms with van der Waals surface area (Å²) in [6, 6.07) is 3.07. The molecule has 0 aliphatic carbocycles. The number of nitrogens with zero attached hydrogens (tertiary/aromatic N) is 2. The van der Waals surface area contributed by atoms with Crippen molar-refractivity contribution >= 4 is 51.9 Å². The average Bonchev–Trinajstić information content (AvgIpc) is 3.02. The third kappa shape index (κ3) is 1.98. The number of aromatic nitrogens is 2. The molecule has 2 heterocycles. The van der Waals surface area contributed by atoms with Crippen molar-refractivity contribution in [1.29, 1.82) is 0 Å². The Kier molecular flexibility index (Phi) is 2.93. The van der Waals surface area contributed by atoms with Crippen LogP contribution in [0.15, 0.2) is 22.7 Å². The Balaban J connectivity index is 2.32. The molecule has 0 saturated heterocycles. The van der Waals surface area contributed by atoms with Gasteiger partial charge in [0.1, 0.15) is 10.7 Å². The predicted octanol–water partition coefficient (Wildman–Crippen LogP) is 3.96. The lowest BCUT2D eigenvalue weighted by Crippen LogP contribution is -1.91. The Morgan fingerprint density at radius 2 is 2.11 bits per heavy atom. The number of hydrogen-bond acceptors (Lipinski definition) is 5. The maximum absolute atomic E-state index is 10.9. The summed E-state index contributed by atoms with van der Waals surface area (Å²) in [6.07, 6.45) is 1.56. The van der Waals surface area contributed by atoms with Gasteiger partial charge in [0.25, 0.3) is 0 Å². The molecule has 0 amide bonds. The normalized spacial score (nSPS) is 11.1. The molecule has 0 spiro atoms. The van der Waals surface area contributed by atoms with Gasteiger partial charge < -0.3 is 9.52 Å².